The number of aliphatic hydroxyl groups excluding tert-OH is 2. The zero-order valence-electron chi connectivity index (χ0n) is 33.8. The van der Waals surface area contributed by atoms with Crippen molar-refractivity contribution in [3.05, 3.63) is 0 Å². The summed E-state index contributed by atoms with van der Waals surface area (Å²) in [7, 11) is 0. The summed E-state index contributed by atoms with van der Waals surface area (Å²) in [6.07, 6.45) is 36.6. The molecule has 0 spiro atoms. The fourth-order valence-electron chi connectivity index (χ4n) is 7.59. The highest BCUT2D eigenvalue weighted by atomic mass is 16.5. The average molecular weight is 713 g/mol. The molecular formula is C42H88N4O4. The van der Waals surface area contributed by atoms with Crippen LogP contribution >= 0.6 is 0 Å². The molecule has 4 aliphatic heterocycles. The molecule has 4 aliphatic rings. The summed E-state index contributed by atoms with van der Waals surface area (Å²) >= 11 is 0. The molecule has 0 radical (unpaired) electrons. The maximum atomic E-state index is 9.77. The molecule has 4 heterocycles. The first-order valence-corrected chi connectivity index (χ1v) is 22.2. The van der Waals surface area contributed by atoms with E-state index in [-0.39, 0.29) is 12.5 Å². The Morgan fingerprint density at radius 1 is 0.420 bits per heavy atom. The van der Waals surface area contributed by atoms with Gasteiger partial charge in [0.25, 0.3) is 0 Å². The molecule has 8 nitrogen and oxygen atoms in total. The number of unbranched alkanes of at least 4 members (excludes halogenated alkanes) is 13. The highest BCUT2D eigenvalue weighted by molar-refractivity contribution is 4.71. The first-order chi connectivity index (χ1) is 24.4. The summed E-state index contributed by atoms with van der Waals surface area (Å²) in [5.74, 6) is 0. The van der Waals surface area contributed by atoms with Gasteiger partial charge < -0.3 is 20.6 Å². The number of nitrogens with zero attached hydrogens (tertiary/aromatic N) is 4. The Labute approximate surface area is 311 Å². The third-order valence-corrected chi connectivity index (χ3v) is 11.1. The molecule has 4 N–H and O–H groups in total. The van der Waals surface area contributed by atoms with E-state index in [4.69, 9.17) is 5.21 Å². The topological polar surface area (TPSA) is 93.9 Å². The van der Waals surface area contributed by atoms with Gasteiger partial charge in [-0.25, -0.2) is 0 Å². The van der Waals surface area contributed by atoms with E-state index in [0.29, 0.717) is 6.04 Å². The maximum absolute atomic E-state index is 9.77. The van der Waals surface area contributed by atoms with Gasteiger partial charge in [-0.3, -0.25) is 9.80 Å². The van der Waals surface area contributed by atoms with E-state index in [9.17, 15) is 15.4 Å². The van der Waals surface area contributed by atoms with Crippen LogP contribution in [0.4, 0.5) is 0 Å². The minimum Gasteiger partial charge on any atom is -0.378 e. The molecule has 3 atom stereocenters. The second-order valence-electron chi connectivity index (χ2n) is 15.7. The Morgan fingerprint density at radius 3 is 1.30 bits per heavy atom. The van der Waals surface area contributed by atoms with Crippen LogP contribution in [-0.2, 0) is 0 Å². The molecular weight excluding hydrogens is 624 g/mol. The number of hydrogen-bond donors (Lipinski definition) is 4. The van der Waals surface area contributed by atoms with Gasteiger partial charge in [0.05, 0.1) is 0 Å². The maximum Gasteiger partial charge on any atom is 0.107 e. The van der Waals surface area contributed by atoms with Gasteiger partial charge in [0.15, 0.2) is 0 Å². The molecule has 0 bridgehead atoms. The van der Waals surface area contributed by atoms with Crippen LogP contribution in [0.15, 0.2) is 0 Å². The predicted octanol–water partition coefficient (Wildman–Crippen LogP) is 10.4. The van der Waals surface area contributed by atoms with Crippen LogP contribution in [0.25, 0.3) is 0 Å². The van der Waals surface area contributed by atoms with Crippen molar-refractivity contribution in [2.24, 2.45) is 0 Å². The smallest absolute Gasteiger partial charge is 0.107 e. The minimum atomic E-state index is -0.145. The van der Waals surface area contributed by atoms with Gasteiger partial charge in [-0.1, -0.05) is 124 Å². The first-order valence-electron chi connectivity index (χ1n) is 22.2. The second-order valence-corrected chi connectivity index (χ2v) is 15.7. The summed E-state index contributed by atoms with van der Waals surface area (Å²) < 4.78 is 0. The molecule has 0 saturated carbocycles. The van der Waals surface area contributed by atoms with Crippen molar-refractivity contribution < 1.29 is 20.6 Å². The van der Waals surface area contributed by atoms with Crippen molar-refractivity contribution in [1.82, 2.24) is 19.9 Å². The molecule has 0 aromatic rings. The normalized spacial score (nSPS) is 23.9. The summed E-state index contributed by atoms with van der Waals surface area (Å²) in [5.41, 5.74) is 0. The highest BCUT2D eigenvalue weighted by Gasteiger charge is 2.20. The van der Waals surface area contributed by atoms with Gasteiger partial charge in [-0.15, -0.1) is 0 Å². The van der Waals surface area contributed by atoms with E-state index in [1.54, 1.807) is 5.06 Å². The largest absolute Gasteiger partial charge is 0.378 e. The van der Waals surface area contributed by atoms with Crippen molar-refractivity contribution in [2.75, 3.05) is 45.8 Å². The lowest BCUT2D eigenvalue weighted by Gasteiger charge is -2.31. The van der Waals surface area contributed by atoms with Crippen LogP contribution in [0.1, 0.15) is 207 Å². The van der Waals surface area contributed by atoms with Crippen molar-refractivity contribution in [1.29, 1.82) is 0 Å². The fraction of sp³-hybridized carbons (Fsp3) is 1.00. The van der Waals surface area contributed by atoms with Gasteiger partial charge in [-0.05, 0) is 83.5 Å². The highest BCUT2D eigenvalue weighted by Crippen LogP contribution is 2.21. The van der Waals surface area contributed by atoms with Crippen LogP contribution < -0.4 is 0 Å². The van der Waals surface area contributed by atoms with Gasteiger partial charge in [0.2, 0.25) is 0 Å². The van der Waals surface area contributed by atoms with E-state index in [0.717, 1.165) is 71.5 Å². The Kier molecular flexibility index (Phi) is 32.9. The van der Waals surface area contributed by atoms with Crippen molar-refractivity contribution in [3.63, 3.8) is 0 Å². The standard InChI is InChI=1S/2C14H29NO.C9H19NO.C5H11NO/c1-2-3-4-5-6-7-9-12-15-13-10-8-11-14(15)16;1-2-3-4-5-6-7-8-11-14-12-9-10-13-15(14)16;1-2-3-7-10-8-5-4-6-9(10)11;7-6-4-2-1-3-5-6/h2*14,16H,2-13H2,1H3;9,11H,2-8H2,1H3;7H,1-5H2. The molecule has 4 saturated heterocycles. The van der Waals surface area contributed by atoms with E-state index in [1.165, 1.54) is 166 Å². The summed E-state index contributed by atoms with van der Waals surface area (Å²) in [6.45, 7) is 13.7. The lowest BCUT2D eigenvalue weighted by Crippen LogP contribution is -2.39. The lowest BCUT2D eigenvalue weighted by atomic mass is 9.98. The summed E-state index contributed by atoms with van der Waals surface area (Å²) in [5, 5.41) is 40.7. The molecule has 0 amide bonds. The van der Waals surface area contributed by atoms with E-state index in [2.05, 4.69) is 30.6 Å². The predicted molar refractivity (Wildman–Crippen MR) is 212 cm³/mol. The number of hydrogen-bond acceptors (Lipinski definition) is 8. The second kappa shape index (κ2) is 34.4. The van der Waals surface area contributed by atoms with Crippen LogP contribution in [0.2, 0.25) is 0 Å². The van der Waals surface area contributed by atoms with Gasteiger partial charge in [0.1, 0.15) is 12.5 Å². The molecule has 0 aliphatic carbocycles. The number of rotatable bonds is 19. The lowest BCUT2D eigenvalue weighted by molar-refractivity contribution is -0.143. The minimum absolute atomic E-state index is 0.143. The van der Waals surface area contributed by atoms with Crippen LogP contribution in [0.3, 0.4) is 0 Å². The molecule has 300 valence electrons. The van der Waals surface area contributed by atoms with Crippen LogP contribution in [0.5, 0.6) is 0 Å². The SMILES string of the molecule is CCCCCCCCCC1CCCCN1O.CCCCCCCCCN1CCCCC1O.CCCCN1CCCCC1O.ON1CCCCC1. The molecule has 3 unspecified atom stereocenters. The molecule has 8 heteroatoms. The number of aliphatic hydroxyl groups is 2. The summed E-state index contributed by atoms with van der Waals surface area (Å²) in [4.78, 5) is 4.46. The zero-order chi connectivity index (χ0) is 36.5. The van der Waals surface area contributed by atoms with Gasteiger partial charge >= 0.3 is 0 Å². The third kappa shape index (κ3) is 26.4. The molecule has 4 fully saturated rings. The first kappa shape index (κ1) is 47.7. The van der Waals surface area contributed by atoms with Gasteiger partial charge in [0, 0.05) is 51.9 Å². The van der Waals surface area contributed by atoms with E-state index >= 15 is 0 Å². The summed E-state index contributed by atoms with van der Waals surface area (Å²) in [6, 6.07) is 0.462. The quantitative estimate of drug-likeness (QED) is 0.0984. The van der Waals surface area contributed by atoms with Crippen molar-refractivity contribution >= 4 is 0 Å². The Morgan fingerprint density at radius 2 is 0.840 bits per heavy atom. The third-order valence-electron chi connectivity index (χ3n) is 11.1. The molecule has 0 aromatic carbocycles. The molecule has 50 heavy (non-hydrogen) atoms. The fourth-order valence-corrected chi connectivity index (χ4v) is 7.59. The average Bonchev–Trinajstić information content (AvgIpc) is 3.13. The number of likely N-dealkylation sites (tertiary alicyclic amines) is 2. The molecule has 4 rings (SSSR count). The number of hydroxylamine groups is 4. The van der Waals surface area contributed by atoms with Gasteiger partial charge in [-0.2, -0.15) is 10.1 Å². The van der Waals surface area contributed by atoms with Crippen LogP contribution in [0, 0.1) is 0 Å². The zero-order valence-corrected chi connectivity index (χ0v) is 33.8. The van der Waals surface area contributed by atoms with Crippen molar-refractivity contribution in [3.8, 4) is 0 Å². The van der Waals surface area contributed by atoms with Crippen molar-refractivity contribution in [2.45, 2.75) is 225 Å². The van der Waals surface area contributed by atoms with E-state index < -0.39 is 0 Å². The monoisotopic (exact) mass is 713 g/mol. The van der Waals surface area contributed by atoms with E-state index in [1.807, 2.05) is 0 Å². The Balaban J connectivity index is 0.000000347. The Hall–Kier alpha value is -0.320. The Bertz CT molecular complexity index is 663. The number of piperidine rings is 4. The molecule has 0 aromatic heterocycles. The van der Waals surface area contributed by atoms with Crippen LogP contribution in [-0.4, -0.2) is 105 Å².